The third-order valence-electron chi connectivity index (χ3n) is 3.67. The molecule has 0 radical (unpaired) electrons. The van der Waals surface area contributed by atoms with Gasteiger partial charge in [-0.15, -0.1) is 0 Å². The average Bonchev–Trinajstić information content (AvgIpc) is 2.44. The Hall–Kier alpha value is -0.910. The molecule has 1 atom stereocenters. The van der Waals surface area contributed by atoms with Crippen LogP contribution in [0.25, 0.3) is 0 Å². The Morgan fingerprint density at radius 3 is 2.37 bits per heavy atom. The SMILES string of the molecule is CCc1ccc(S(=O)(=O)N(C)C(C)CC)cc1CN. The highest BCUT2D eigenvalue weighted by atomic mass is 32.2. The predicted molar refractivity (Wildman–Crippen MR) is 78.4 cm³/mol. The lowest BCUT2D eigenvalue weighted by molar-refractivity contribution is 0.380. The van der Waals surface area contributed by atoms with E-state index in [9.17, 15) is 8.42 Å². The standard InChI is InChI=1S/C14H24N2O2S/c1-5-11(3)16(4)19(17,18)14-8-7-12(6-2)13(9-14)10-15/h7-9,11H,5-6,10,15H2,1-4H3. The van der Waals surface area contributed by atoms with Gasteiger partial charge in [-0.2, -0.15) is 4.31 Å². The van der Waals surface area contributed by atoms with Crippen LogP contribution >= 0.6 is 0 Å². The van der Waals surface area contributed by atoms with Gasteiger partial charge >= 0.3 is 0 Å². The number of nitrogens with two attached hydrogens (primary N) is 1. The van der Waals surface area contributed by atoms with Crippen LogP contribution in [0.3, 0.4) is 0 Å². The van der Waals surface area contributed by atoms with E-state index in [0.717, 1.165) is 24.0 Å². The minimum Gasteiger partial charge on any atom is -0.326 e. The maximum atomic E-state index is 12.5. The van der Waals surface area contributed by atoms with Gasteiger partial charge in [0.2, 0.25) is 10.0 Å². The van der Waals surface area contributed by atoms with Gasteiger partial charge in [0.25, 0.3) is 0 Å². The zero-order valence-corrected chi connectivity index (χ0v) is 13.0. The van der Waals surface area contributed by atoms with E-state index in [4.69, 9.17) is 5.73 Å². The maximum Gasteiger partial charge on any atom is 0.243 e. The fraction of sp³-hybridized carbons (Fsp3) is 0.571. The second-order valence-electron chi connectivity index (χ2n) is 4.77. The second kappa shape index (κ2) is 6.50. The molecule has 1 unspecified atom stereocenters. The zero-order valence-electron chi connectivity index (χ0n) is 12.2. The van der Waals surface area contributed by atoms with Crippen molar-refractivity contribution in [3.05, 3.63) is 29.3 Å². The maximum absolute atomic E-state index is 12.5. The molecule has 2 N–H and O–H groups in total. The molecule has 19 heavy (non-hydrogen) atoms. The number of hydrogen-bond acceptors (Lipinski definition) is 3. The van der Waals surface area contributed by atoms with Crippen molar-refractivity contribution in [2.24, 2.45) is 5.73 Å². The van der Waals surface area contributed by atoms with Crippen LogP contribution in [0.2, 0.25) is 0 Å². The molecule has 0 aliphatic heterocycles. The van der Waals surface area contributed by atoms with Crippen molar-refractivity contribution in [3.63, 3.8) is 0 Å². The van der Waals surface area contributed by atoms with Gasteiger partial charge in [-0.1, -0.05) is 19.9 Å². The zero-order chi connectivity index (χ0) is 14.6. The first-order valence-corrected chi connectivity index (χ1v) is 8.12. The van der Waals surface area contributed by atoms with Crippen molar-refractivity contribution >= 4 is 10.0 Å². The molecule has 0 bridgehead atoms. The van der Waals surface area contributed by atoms with E-state index in [1.165, 1.54) is 4.31 Å². The van der Waals surface area contributed by atoms with Crippen LogP contribution in [-0.4, -0.2) is 25.8 Å². The summed E-state index contributed by atoms with van der Waals surface area (Å²) in [5.74, 6) is 0. The van der Waals surface area contributed by atoms with E-state index in [0.29, 0.717) is 11.4 Å². The Bertz CT molecular complexity index is 526. The fourth-order valence-corrected chi connectivity index (χ4v) is 3.44. The van der Waals surface area contributed by atoms with Crippen LogP contribution < -0.4 is 5.73 Å². The van der Waals surface area contributed by atoms with E-state index < -0.39 is 10.0 Å². The molecule has 4 nitrogen and oxygen atoms in total. The Morgan fingerprint density at radius 1 is 1.26 bits per heavy atom. The van der Waals surface area contributed by atoms with Crippen molar-refractivity contribution in [1.29, 1.82) is 0 Å². The summed E-state index contributed by atoms with van der Waals surface area (Å²) >= 11 is 0. The molecule has 1 rings (SSSR count). The molecule has 0 amide bonds. The van der Waals surface area contributed by atoms with E-state index in [1.54, 1.807) is 19.2 Å². The Balaban J connectivity index is 3.22. The summed E-state index contributed by atoms with van der Waals surface area (Å²) in [5, 5.41) is 0. The lowest BCUT2D eigenvalue weighted by Crippen LogP contribution is -2.34. The molecule has 5 heteroatoms. The molecule has 0 aliphatic rings. The molecular weight excluding hydrogens is 260 g/mol. The topological polar surface area (TPSA) is 63.4 Å². The van der Waals surface area contributed by atoms with E-state index >= 15 is 0 Å². The largest absolute Gasteiger partial charge is 0.326 e. The molecule has 1 aromatic carbocycles. The molecule has 0 heterocycles. The normalized spacial score (nSPS) is 13.8. The number of hydrogen-bond donors (Lipinski definition) is 1. The Labute approximate surface area is 116 Å². The summed E-state index contributed by atoms with van der Waals surface area (Å²) in [6.45, 7) is 6.28. The van der Waals surface area contributed by atoms with E-state index in [2.05, 4.69) is 0 Å². The van der Waals surface area contributed by atoms with Gasteiger partial charge in [-0.3, -0.25) is 0 Å². The van der Waals surface area contributed by atoms with Gasteiger partial charge in [0, 0.05) is 19.6 Å². The van der Waals surface area contributed by atoms with E-state index in [-0.39, 0.29) is 6.04 Å². The van der Waals surface area contributed by atoms with Gasteiger partial charge in [0.1, 0.15) is 0 Å². The number of aryl methyl sites for hydroxylation is 1. The van der Waals surface area contributed by atoms with Crippen molar-refractivity contribution in [2.75, 3.05) is 7.05 Å². The number of rotatable bonds is 6. The molecule has 1 aromatic rings. The summed E-state index contributed by atoms with van der Waals surface area (Å²) in [6, 6.07) is 5.22. The van der Waals surface area contributed by atoms with Crippen molar-refractivity contribution in [2.45, 2.75) is 51.1 Å². The van der Waals surface area contributed by atoms with Crippen LogP contribution in [0.5, 0.6) is 0 Å². The quantitative estimate of drug-likeness (QED) is 0.870. The number of benzene rings is 1. The Morgan fingerprint density at radius 2 is 1.89 bits per heavy atom. The van der Waals surface area contributed by atoms with Crippen LogP contribution in [0.15, 0.2) is 23.1 Å². The van der Waals surface area contributed by atoms with Crippen LogP contribution in [-0.2, 0) is 23.0 Å². The molecule has 0 aromatic heterocycles. The van der Waals surface area contributed by atoms with Crippen molar-refractivity contribution in [1.82, 2.24) is 4.31 Å². The van der Waals surface area contributed by atoms with Gasteiger partial charge in [-0.05, 0) is 43.0 Å². The van der Waals surface area contributed by atoms with Crippen LogP contribution in [0.4, 0.5) is 0 Å². The van der Waals surface area contributed by atoms with Gasteiger partial charge < -0.3 is 5.73 Å². The van der Waals surface area contributed by atoms with Crippen molar-refractivity contribution in [3.8, 4) is 0 Å². The molecule has 0 spiro atoms. The summed E-state index contributed by atoms with van der Waals surface area (Å²) in [5.41, 5.74) is 7.70. The smallest absolute Gasteiger partial charge is 0.243 e. The monoisotopic (exact) mass is 284 g/mol. The molecule has 0 saturated heterocycles. The summed E-state index contributed by atoms with van der Waals surface area (Å²) in [4.78, 5) is 0.327. The lowest BCUT2D eigenvalue weighted by atomic mass is 10.1. The molecule has 0 fully saturated rings. The fourth-order valence-electron chi connectivity index (χ4n) is 1.96. The van der Waals surface area contributed by atoms with Crippen LogP contribution in [0, 0.1) is 0 Å². The van der Waals surface area contributed by atoms with E-state index in [1.807, 2.05) is 26.8 Å². The Kier molecular flexibility index (Phi) is 5.52. The predicted octanol–water partition coefficient (Wildman–Crippen LogP) is 2.13. The van der Waals surface area contributed by atoms with Gasteiger partial charge in [-0.25, -0.2) is 8.42 Å². The minimum absolute atomic E-state index is 0.0165. The highest BCUT2D eigenvalue weighted by Gasteiger charge is 2.24. The third kappa shape index (κ3) is 3.35. The molecular formula is C14H24N2O2S. The summed E-state index contributed by atoms with van der Waals surface area (Å²) in [6.07, 6.45) is 1.64. The van der Waals surface area contributed by atoms with Crippen molar-refractivity contribution < 1.29 is 8.42 Å². The highest BCUT2D eigenvalue weighted by molar-refractivity contribution is 7.89. The highest BCUT2D eigenvalue weighted by Crippen LogP contribution is 2.21. The third-order valence-corrected chi connectivity index (χ3v) is 5.63. The van der Waals surface area contributed by atoms with Gasteiger partial charge in [0.05, 0.1) is 4.90 Å². The number of nitrogens with zero attached hydrogens (tertiary/aromatic N) is 1. The molecule has 108 valence electrons. The average molecular weight is 284 g/mol. The lowest BCUT2D eigenvalue weighted by Gasteiger charge is -2.23. The molecule has 0 saturated carbocycles. The second-order valence-corrected chi connectivity index (χ2v) is 6.76. The summed E-state index contributed by atoms with van der Waals surface area (Å²) in [7, 11) is -1.81. The van der Waals surface area contributed by atoms with Gasteiger partial charge in [0.15, 0.2) is 0 Å². The minimum atomic E-state index is -3.43. The first-order valence-electron chi connectivity index (χ1n) is 6.68. The first kappa shape index (κ1) is 16.1. The van der Waals surface area contributed by atoms with Crippen LogP contribution in [0.1, 0.15) is 38.3 Å². The number of sulfonamides is 1. The summed E-state index contributed by atoms with van der Waals surface area (Å²) < 4.78 is 26.4. The molecule has 0 aliphatic carbocycles. The first-order chi connectivity index (χ1) is 8.88.